The van der Waals surface area contributed by atoms with Gasteiger partial charge in [-0.1, -0.05) is 13.8 Å². The highest BCUT2D eigenvalue weighted by molar-refractivity contribution is 6.01. The number of anilines is 1. The first kappa shape index (κ1) is 20.5. The van der Waals surface area contributed by atoms with Crippen molar-refractivity contribution in [1.29, 1.82) is 0 Å². The number of ether oxygens (including phenoxy) is 2. The van der Waals surface area contributed by atoms with Crippen molar-refractivity contribution in [2.75, 3.05) is 31.3 Å². The highest BCUT2D eigenvalue weighted by Crippen LogP contribution is 2.37. The number of fused-ring (bicyclic) bond motifs is 1. The van der Waals surface area contributed by atoms with Crippen LogP contribution in [0.1, 0.15) is 39.5 Å². The SMILES string of the molecule is CC(C)[C@H](NC(=O)C1CC(=O)N(c2ccc3c(c2)OCO3)C1)C(=O)N1CCCCC1. The molecule has 8 heteroatoms. The minimum absolute atomic E-state index is 0.0185. The third-order valence-corrected chi connectivity index (χ3v) is 6.06. The van der Waals surface area contributed by atoms with Crippen molar-refractivity contribution < 1.29 is 23.9 Å². The summed E-state index contributed by atoms with van der Waals surface area (Å²) in [5, 5.41) is 2.94. The van der Waals surface area contributed by atoms with Gasteiger partial charge in [0.25, 0.3) is 0 Å². The lowest BCUT2D eigenvalue weighted by Gasteiger charge is -2.32. The van der Waals surface area contributed by atoms with Crippen LogP contribution in [0.3, 0.4) is 0 Å². The molecule has 0 aromatic heterocycles. The third-order valence-electron chi connectivity index (χ3n) is 6.06. The second-order valence-electron chi connectivity index (χ2n) is 8.56. The Hall–Kier alpha value is -2.77. The van der Waals surface area contributed by atoms with Gasteiger partial charge >= 0.3 is 0 Å². The van der Waals surface area contributed by atoms with Crippen molar-refractivity contribution in [2.24, 2.45) is 11.8 Å². The molecule has 30 heavy (non-hydrogen) atoms. The van der Waals surface area contributed by atoms with Crippen molar-refractivity contribution in [3.8, 4) is 11.5 Å². The van der Waals surface area contributed by atoms with E-state index in [-0.39, 0.29) is 43.4 Å². The average Bonchev–Trinajstić information content (AvgIpc) is 3.37. The van der Waals surface area contributed by atoms with Crippen LogP contribution >= 0.6 is 0 Å². The summed E-state index contributed by atoms with van der Waals surface area (Å²) < 4.78 is 10.7. The Morgan fingerprint density at radius 3 is 2.57 bits per heavy atom. The molecule has 2 fully saturated rings. The van der Waals surface area contributed by atoms with Crippen molar-refractivity contribution in [1.82, 2.24) is 10.2 Å². The van der Waals surface area contributed by atoms with E-state index in [2.05, 4.69) is 5.32 Å². The molecule has 162 valence electrons. The minimum Gasteiger partial charge on any atom is -0.454 e. The lowest BCUT2D eigenvalue weighted by Crippen LogP contribution is -2.53. The molecule has 0 radical (unpaired) electrons. The number of rotatable bonds is 5. The number of nitrogens with one attached hydrogen (secondary N) is 1. The molecule has 0 spiro atoms. The molecule has 1 aromatic rings. The fourth-order valence-electron chi connectivity index (χ4n) is 4.28. The molecule has 2 atom stereocenters. The number of hydrogen-bond acceptors (Lipinski definition) is 5. The van der Waals surface area contributed by atoms with Crippen LogP contribution < -0.4 is 19.7 Å². The van der Waals surface area contributed by atoms with E-state index in [1.54, 1.807) is 23.1 Å². The van der Waals surface area contributed by atoms with Gasteiger partial charge in [0.1, 0.15) is 6.04 Å². The molecule has 1 aromatic carbocycles. The molecule has 0 saturated carbocycles. The maximum Gasteiger partial charge on any atom is 0.245 e. The first-order chi connectivity index (χ1) is 14.4. The number of benzene rings is 1. The van der Waals surface area contributed by atoms with Gasteiger partial charge in [-0.15, -0.1) is 0 Å². The largest absolute Gasteiger partial charge is 0.454 e. The second kappa shape index (κ2) is 8.53. The third kappa shape index (κ3) is 4.08. The molecular formula is C22H29N3O5. The summed E-state index contributed by atoms with van der Waals surface area (Å²) in [5.41, 5.74) is 0.685. The predicted molar refractivity (Wildman–Crippen MR) is 110 cm³/mol. The van der Waals surface area contributed by atoms with Crippen LogP contribution in [0.5, 0.6) is 11.5 Å². The monoisotopic (exact) mass is 415 g/mol. The fraction of sp³-hybridized carbons (Fsp3) is 0.591. The van der Waals surface area contributed by atoms with Crippen LogP contribution in [0, 0.1) is 11.8 Å². The van der Waals surface area contributed by atoms with E-state index in [9.17, 15) is 14.4 Å². The predicted octanol–water partition coefficient (Wildman–Crippen LogP) is 1.92. The van der Waals surface area contributed by atoms with E-state index >= 15 is 0 Å². The Morgan fingerprint density at radius 1 is 1.10 bits per heavy atom. The van der Waals surface area contributed by atoms with Crippen LogP contribution in [-0.2, 0) is 14.4 Å². The Morgan fingerprint density at radius 2 is 1.83 bits per heavy atom. The van der Waals surface area contributed by atoms with Crippen LogP contribution in [0.2, 0.25) is 0 Å². The minimum atomic E-state index is -0.565. The zero-order chi connectivity index (χ0) is 21.3. The number of hydrogen-bond donors (Lipinski definition) is 1. The van der Waals surface area contributed by atoms with Crippen LogP contribution in [-0.4, -0.2) is 55.1 Å². The summed E-state index contributed by atoms with van der Waals surface area (Å²) in [5.74, 6) is 0.364. The standard InChI is InChI=1S/C22H29N3O5/c1-14(2)20(22(28)24-8-4-3-5-9-24)23-21(27)15-10-19(26)25(12-15)16-6-7-17-18(11-16)30-13-29-17/h6-7,11,14-15,20H,3-5,8-10,12-13H2,1-2H3,(H,23,27)/t15?,20-/m0/s1. The van der Waals surface area contributed by atoms with E-state index in [0.29, 0.717) is 17.2 Å². The summed E-state index contributed by atoms with van der Waals surface area (Å²) in [4.78, 5) is 42.0. The fourth-order valence-corrected chi connectivity index (χ4v) is 4.28. The molecule has 4 rings (SSSR count). The van der Waals surface area contributed by atoms with Gasteiger partial charge in [0.15, 0.2) is 11.5 Å². The summed E-state index contributed by atoms with van der Waals surface area (Å²) >= 11 is 0. The maximum absolute atomic E-state index is 13.0. The van der Waals surface area contributed by atoms with Crippen LogP contribution in [0.25, 0.3) is 0 Å². The molecule has 0 bridgehead atoms. The van der Waals surface area contributed by atoms with Crippen molar-refractivity contribution in [3.63, 3.8) is 0 Å². The average molecular weight is 415 g/mol. The van der Waals surface area contributed by atoms with E-state index < -0.39 is 12.0 Å². The highest BCUT2D eigenvalue weighted by atomic mass is 16.7. The second-order valence-corrected chi connectivity index (χ2v) is 8.56. The van der Waals surface area contributed by atoms with Crippen LogP contribution in [0.4, 0.5) is 5.69 Å². The van der Waals surface area contributed by atoms with Gasteiger partial charge in [-0.25, -0.2) is 0 Å². The van der Waals surface area contributed by atoms with Gasteiger partial charge in [-0.2, -0.15) is 0 Å². The Kier molecular flexibility index (Phi) is 5.83. The van der Waals surface area contributed by atoms with Gasteiger partial charge in [0.05, 0.1) is 5.92 Å². The van der Waals surface area contributed by atoms with E-state index in [1.807, 2.05) is 18.7 Å². The van der Waals surface area contributed by atoms with Gasteiger partial charge in [-0.3, -0.25) is 14.4 Å². The lowest BCUT2D eigenvalue weighted by atomic mass is 9.99. The summed E-state index contributed by atoms with van der Waals surface area (Å²) in [6, 6.07) is 4.76. The van der Waals surface area contributed by atoms with Gasteiger partial charge in [-0.05, 0) is 37.3 Å². The first-order valence-electron chi connectivity index (χ1n) is 10.7. The number of carbonyl (C=O) groups excluding carboxylic acids is 3. The first-order valence-corrected chi connectivity index (χ1v) is 10.7. The quantitative estimate of drug-likeness (QED) is 0.794. The van der Waals surface area contributed by atoms with Gasteiger partial charge in [0, 0.05) is 37.8 Å². The van der Waals surface area contributed by atoms with E-state index in [1.165, 1.54) is 0 Å². The molecule has 3 aliphatic heterocycles. The normalized spacial score (nSPS) is 21.8. The maximum atomic E-state index is 13.0. The summed E-state index contributed by atoms with van der Waals surface area (Å²) in [6.45, 7) is 5.82. The number of carbonyl (C=O) groups is 3. The summed E-state index contributed by atoms with van der Waals surface area (Å²) in [7, 11) is 0. The van der Waals surface area contributed by atoms with Gasteiger partial charge < -0.3 is 24.6 Å². The number of likely N-dealkylation sites (tertiary alicyclic amines) is 1. The molecule has 3 aliphatic rings. The Bertz CT molecular complexity index is 834. The molecule has 8 nitrogen and oxygen atoms in total. The molecule has 3 heterocycles. The smallest absolute Gasteiger partial charge is 0.245 e. The molecule has 3 amide bonds. The highest BCUT2D eigenvalue weighted by Gasteiger charge is 2.38. The molecule has 1 N–H and O–H groups in total. The lowest BCUT2D eigenvalue weighted by molar-refractivity contribution is -0.139. The number of piperidine rings is 1. The van der Waals surface area contributed by atoms with Gasteiger partial charge in [0.2, 0.25) is 24.5 Å². The molecule has 0 aliphatic carbocycles. The molecular weight excluding hydrogens is 386 g/mol. The number of amides is 3. The Balaban J connectivity index is 1.41. The van der Waals surface area contributed by atoms with Crippen LogP contribution in [0.15, 0.2) is 18.2 Å². The number of nitrogens with zero attached hydrogens (tertiary/aromatic N) is 2. The topological polar surface area (TPSA) is 88.2 Å². The Labute approximate surface area is 176 Å². The summed E-state index contributed by atoms with van der Waals surface area (Å²) in [6.07, 6.45) is 3.28. The van der Waals surface area contributed by atoms with Crippen molar-refractivity contribution in [2.45, 2.75) is 45.6 Å². The van der Waals surface area contributed by atoms with Crippen molar-refractivity contribution >= 4 is 23.4 Å². The van der Waals surface area contributed by atoms with Crippen molar-refractivity contribution in [3.05, 3.63) is 18.2 Å². The molecule has 2 saturated heterocycles. The zero-order valence-corrected chi connectivity index (χ0v) is 17.6. The zero-order valence-electron chi connectivity index (χ0n) is 17.6. The van der Waals surface area contributed by atoms with E-state index in [0.717, 1.165) is 32.4 Å². The van der Waals surface area contributed by atoms with E-state index in [4.69, 9.17) is 9.47 Å². The molecule has 1 unspecified atom stereocenters.